The maximum absolute atomic E-state index is 5.30. The molecule has 2 rings (SSSR count). The summed E-state index contributed by atoms with van der Waals surface area (Å²) in [5.41, 5.74) is 3.50. The minimum absolute atomic E-state index is 0.326. The van der Waals surface area contributed by atoms with Crippen molar-refractivity contribution in [3.05, 3.63) is 23.0 Å². The van der Waals surface area contributed by atoms with Crippen molar-refractivity contribution in [1.29, 1.82) is 0 Å². The minimum Gasteiger partial charge on any atom is -0.448 e. The lowest BCUT2D eigenvalue weighted by Crippen LogP contribution is -1.86. The fraction of sp³-hybridized carbons (Fsp3) is 0.333. The normalized spacial score (nSPS) is 11.0. The Morgan fingerprint density at radius 1 is 1.38 bits per heavy atom. The third-order valence-electron chi connectivity index (χ3n) is 1.71. The van der Waals surface area contributed by atoms with Gasteiger partial charge in [0.2, 0.25) is 0 Å². The molecule has 0 aliphatic heterocycles. The molecule has 0 radical (unpaired) electrons. The molecule has 4 heteroatoms. The molecule has 2 heterocycles. The molecule has 0 unspecified atom stereocenters. The van der Waals surface area contributed by atoms with E-state index in [0.717, 1.165) is 17.3 Å². The SMILES string of the molecule is CC(C)c1nc(-c2cscn2)co1. The Hall–Kier alpha value is -1.16. The number of nitrogens with zero attached hydrogens (tertiary/aromatic N) is 2. The zero-order valence-electron chi connectivity index (χ0n) is 7.52. The number of hydrogen-bond donors (Lipinski definition) is 0. The first-order valence-corrected chi connectivity index (χ1v) is 5.05. The molecule has 0 saturated heterocycles. The van der Waals surface area contributed by atoms with E-state index in [9.17, 15) is 0 Å². The molecule has 2 aromatic heterocycles. The molecule has 68 valence electrons. The van der Waals surface area contributed by atoms with Crippen molar-refractivity contribution in [1.82, 2.24) is 9.97 Å². The number of thiazole rings is 1. The Balaban J connectivity index is 2.33. The van der Waals surface area contributed by atoms with Crippen LogP contribution in [0.1, 0.15) is 25.7 Å². The zero-order chi connectivity index (χ0) is 9.26. The van der Waals surface area contributed by atoms with Crippen molar-refractivity contribution in [3.8, 4) is 11.4 Å². The van der Waals surface area contributed by atoms with Crippen molar-refractivity contribution in [2.75, 3.05) is 0 Å². The molecule has 0 aliphatic rings. The van der Waals surface area contributed by atoms with Crippen LogP contribution < -0.4 is 0 Å². The van der Waals surface area contributed by atoms with Gasteiger partial charge in [0.1, 0.15) is 17.7 Å². The van der Waals surface area contributed by atoms with Gasteiger partial charge in [-0.1, -0.05) is 13.8 Å². The van der Waals surface area contributed by atoms with Gasteiger partial charge in [-0.05, 0) is 0 Å². The summed E-state index contributed by atoms with van der Waals surface area (Å²) in [6, 6.07) is 0. The first-order valence-electron chi connectivity index (χ1n) is 4.11. The van der Waals surface area contributed by atoms with Crippen molar-refractivity contribution in [2.24, 2.45) is 0 Å². The molecule has 0 fully saturated rings. The van der Waals surface area contributed by atoms with Gasteiger partial charge in [-0.2, -0.15) is 0 Å². The summed E-state index contributed by atoms with van der Waals surface area (Å²) in [5.74, 6) is 1.09. The Morgan fingerprint density at radius 2 is 2.23 bits per heavy atom. The predicted molar refractivity (Wildman–Crippen MR) is 51.7 cm³/mol. The zero-order valence-corrected chi connectivity index (χ0v) is 8.34. The van der Waals surface area contributed by atoms with Gasteiger partial charge >= 0.3 is 0 Å². The Bertz CT molecular complexity index is 378. The lowest BCUT2D eigenvalue weighted by atomic mass is 10.2. The van der Waals surface area contributed by atoms with E-state index in [2.05, 4.69) is 23.8 Å². The number of hydrogen-bond acceptors (Lipinski definition) is 4. The molecule has 0 aliphatic carbocycles. The third-order valence-corrected chi connectivity index (χ3v) is 2.30. The van der Waals surface area contributed by atoms with Gasteiger partial charge in [0.05, 0.1) is 5.51 Å². The van der Waals surface area contributed by atoms with E-state index < -0.39 is 0 Å². The summed E-state index contributed by atoms with van der Waals surface area (Å²) in [6.07, 6.45) is 1.66. The van der Waals surface area contributed by atoms with E-state index in [1.54, 1.807) is 23.1 Å². The number of aromatic nitrogens is 2. The third kappa shape index (κ3) is 1.62. The topological polar surface area (TPSA) is 38.9 Å². The van der Waals surface area contributed by atoms with Gasteiger partial charge in [0, 0.05) is 11.3 Å². The van der Waals surface area contributed by atoms with Gasteiger partial charge in [0.15, 0.2) is 5.89 Å². The van der Waals surface area contributed by atoms with E-state index in [0.29, 0.717) is 5.92 Å². The van der Waals surface area contributed by atoms with Crippen LogP contribution >= 0.6 is 11.3 Å². The van der Waals surface area contributed by atoms with Crippen LogP contribution in [0, 0.1) is 0 Å². The summed E-state index contributed by atoms with van der Waals surface area (Å²) in [7, 11) is 0. The largest absolute Gasteiger partial charge is 0.448 e. The Morgan fingerprint density at radius 3 is 2.77 bits per heavy atom. The standard InChI is InChI=1S/C9H10N2OS/c1-6(2)9-11-7(3-12-9)8-4-13-5-10-8/h3-6H,1-2H3. The second-order valence-electron chi connectivity index (χ2n) is 3.10. The van der Waals surface area contributed by atoms with Gasteiger partial charge in [0.25, 0.3) is 0 Å². The van der Waals surface area contributed by atoms with Crippen molar-refractivity contribution >= 4 is 11.3 Å². The van der Waals surface area contributed by atoms with E-state index >= 15 is 0 Å². The van der Waals surface area contributed by atoms with Crippen LogP contribution in [0.5, 0.6) is 0 Å². The molecule has 0 saturated carbocycles. The summed E-state index contributed by atoms with van der Waals surface area (Å²) in [6.45, 7) is 4.10. The highest BCUT2D eigenvalue weighted by Crippen LogP contribution is 2.21. The lowest BCUT2D eigenvalue weighted by molar-refractivity contribution is 0.471. The average molecular weight is 194 g/mol. The monoisotopic (exact) mass is 194 g/mol. The maximum atomic E-state index is 5.30. The molecule has 13 heavy (non-hydrogen) atoms. The first-order chi connectivity index (χ1) is 6.27. The smallest absolute Gasteiger partial charge is 0.197 e. The second-order valence-corrected chi connectivity index (χ2v) is 3.82. The number of rotatable bonds is 2. The summed E-state index contributed by atoms with van der Waals surface area (Å²) < 4.78 is 5.30. The van der Waals surface area contributed by atoms with Crippen LogP contribution in [0.3, 0.4) is 0 Å². The van der Waals surface area contributed by atoms with Crippen LogP contribution in [-0.4, -0.2) is 9.97 Å². The van der Waals surface area contributed by atoms with Crippen molar-refractivity contribution in [3.63, 3.8) is 0 Å². The van der Waals surface area contributed by atoms with Crippen LogP contribution in [0.15, 0.2) is 21.6 Å². The maximum Gasteiger partial charge on any atom is 0.197 e. The van der Waals surface area contributed by atoms with Gasteiger partial charge in [-0.25, -0.2) is 9.97 Å². The molecule has 0 aromatic carbocycles. The predicted octanol–water partition coefficient (Wildman–Crippen LogP) is 2.92. The second kappa shape index (κ2) is 3.30. The average Bonchev–Trinajstić information content (AvgIpc) is 2.75. The van der Waals surface area contributed by atoms with Crippen LogP contribution in [-0.2, 0) is 0 Å². The van der Waals surface area contributed by atoms with E-state index in [1.807, 2.05) is 5.38 Å². The highest BCUT2D eigenvalue weighted by Gasteiger charge is 2.09. The van der Waals surface area contributed by atoms with Crippen molar-refractivity contribution < 1.29 is 4.42 Å². The fourth-order valence-electron chi connectivity index (χ4n) is 1.01. The van der Waals surface area contributed by atoms with Crippen LogP contribution in [0.2, 0.25) is 0 Å². The van der Waals surface area contributed by atoms with E-state index in [-0.39, 0.29) is 0 Å². The van der Waals surface area contributed by atoms with Crippen LogP contribution in [0.4, 0.5) is 0 Å². The Labute approximate surface area is 80.5 Å². The molecule has 0 bridgehead atoms. The summed E-state index contributed by atoms with van der Waals surface area (Å²) >= 11 is 1.56. The molecule has 2 aromatic rings. The van der Waals surface area contributed by atoms with Gasteiger partial charge in [-0.3, -0.25) is 0 Å². The molecule has 0 spiro atoms. The first kappa shape index (κ1) is 8.44. The molecule has 0 atom stereocenters. The molecule has 0 amide bonds. The molecule has 0 N–H and O–H groups in total. The lowest BCUT2D eigenvalue weighted by Gasteiger charge is -1.93. The van der Waals surface area contributed by atoms with Crippen molar-refractivity contribution in [2.45, 2.75) is 19.8 Å². The van der Waals surface area contributed by atoms with E-state index in [1.165, 1.54) is 0 Å². The van der Waals surface area contributed by atoms with Crippen LogP contribution in [0.25, 0.3) is 11.4 Å². The number of oxazole rings is 1. The Kier molecular flexibility index (Phi) is 2.14. The van der Waals surface area contributed by atoms with E-state index in [4.69, 9.17) is 4.42 Å². The molecular formula is C9H10N2OS. The highest BCUT2D eigenvalue weighted by molar-refractivity contribution is 7.07. The van der Waals surface area contributed by atoms with Gasteiger partial charge in [-0.15, -0.1) is 11.3 Å². The van der Waals surface area contributed by atoms with Gasteiger partial charge < -0.3 is 4.42 Å². The minimum atomic E-state index is 0.326. The highest BCUT2D eigenvalue weighted by atomic mass is 32.1. The molecule has 3 nitrogen and oxygen atoms in total. The molecular weight excluding hydrogens is 184 g/mol. The quantitative estimate of drug-likeness (QED) is 0.737. The fourth-order valence-corrected chi connectivity index (χ4v) is 1.56. The summed E-state index contributed by atoms with van der Waals surface area (Å²) in [5, 5.41) is 1.96. The summed E-state index contributed by atoms with van der Waals surface area (Å²) in [4.78, 5) is 8.48.